The summed E-state index contributed by atoms with van der Waals surface area (Å²) in [7, 11) is 0. The summed E-state index contributed by atoms with van der Waals surface area (Å²) in [5.41, 5.74) is 1.38. The first-order chi connectivity index (χ1) is 7.92. The van der Waals surface area contributed by atoms with E-state index in [1.165, 1.54) is 44.5 Å². The van der Waals surface area contributed by atoms with E-state index < -0.39 is 0 Å². The highest BCUT2D eigenvalue weighted by molar-refractivity contribution is 5.46. The Balaban J connectivity index is 1.53. The molecule has 0 atom stereocenters. The van der Waals surface area contributed by atoms with E-state index in [-0.39, 0.29) is 0 Å². The minimum absolute atomic E-state index is 0.771. The Morgan fingerprint density at radius 3 is 2.12 bits per heavy atom. The van der Waals surface area contributed by atoms with E-state index in [0.29, 0.717) is 0 Å². The van der Waals surface area contributed by atoms with Gasteiger partial charge in [-0.15, -0.1) is 0 Å². The maximum atomic E-state index is 3.74. The van der Waals surface area contributed by atoms with E-state index >= 15 is 0 Å². The average Bonchev–Trinajstić information content (AvgIpc) is 3.15. The molecule has 0 spiro atoms. The number of hydrogen-bond acceptors (Lipinski definition) is 2. The summed E-state index contributed by atoms with van der Waals surface area (Å²) in [5.74, 6) is 0. The van der Waals surface area contributed by atoms with Gasteiger partial charge in [-0.2, -0.15) is 0 Å². The van der Waals surface area contributed by atoms with Gasteiger partial charge in [-0.05, 0) is 37.8 Å². The van der Waals surface area contributed by atoms with E-state index in [2.05, 4.69) is 40.5 Å². The lowest BCUT2D eigenvalue weighted by atomic mass is 10.0. The smallest absolute Gasteiger partial charge is 0.0366 e. The molecule has 2 heteroatoms. The number of para-hydroxylation sites is 1. The van der Waals surface area contributed by atoms with Crippen LogP contribution >= 0.6 is 0 Å². The average molecular weight is 216 g/mol. The van der Waals surface area contributed by atoms with Gasteiger partial charge < -0.3 is 10.2 Å². The molecule has 1 saturated heterocycles. The van der Waals surface area contributed by atoms with Crippen molar-refractivity contribution in [2.24, 2.45) is 0 Å². The van der Waals surface area contributed by atoms with Crippen LogP contribution in [0.15, 0.2) is 30.3 Å². The molecule has 3 rings (SSSR count). The molecule has 0 bridgehead atoms. The van der Waals surface area contributed by atoms with Crippen molar-refractivity contribution in [3.63, 3.8) is 0 Å². The number of nitrogens with zero attached hydrogens (tertiary/aromatic N) is 1. The Hall–Kier alpha value is -1.02. The fourth-order valence-electron chi connectivity index (χ4n) is 2.53. The third-order valence-corrected chi connectivity index (χ3v) is 3.67. The number of hydrogen-bond donors (Lipinski definition) is 1. The number of anilines is 1. The van der Waals surface area contributed by atoms with Crippen LogP contribution in [0.5, 0.6) is 0 Å². The first kappa shape index (κ1) is 10.2. The molecule has 1 aromatic rings. The third kappa shape index (κ3) is 2.38. The summed E-state index contributed by atoms with van der Waals surface area (Å²) in [5, 5.41) is 3.74. The first-order valence-corrected chi connectivity index (χ1v) is 6.48. The Morgan fingerprint density at radius 1 is 0.875 bits per heavy atom. The van der Waals surface area contributed by atoms with Crippen molar-refractivity contribution in [3.05, 3.63) is 30.3 Å². The van der Waals surface area contributed by atoms with Crippen LogP contribution in [-0.4, -0.2) is 25.2 Å². The molecule has 1 aromatic carbocycles. The number of benzene rings is 1. The van der Waals surface area contributed by atoms with Crippen LogP contribution in [0, 0.1) is 0 Å². The maximum Gasteiger partial charge on any atom is 0.0366 e. The summed E-state index contributed by atoms with van der Waals surface area (Å²) >= 11 is 0. The fourth-order valence-corrected chi connectivity index (χ4v) is 2.53. The molecule has 2 fully saturated rings. The van der Waals surface area contributed by atoms with Crippen LogP contribution < -0.4 is 10.2 Å². The van der Waals surface area contributed by atoms with Crippen molar-refractivity contribution < 1.29 is 0 Å². The lowest BCUT2D eigenvalue weighted by molar-refractivity contribution is 0.413. The van der Waals surface area contributed by atoms with E-state index in [1.54, 1.807) is 0 Å². The topological polar surface area (TPSA) is 15.3 Å². The SMILES string of the molecule is c1ccc(N2CCC(NC3CC3)CC2)cc1. The zero-order valence-electron chi connectivity index (χ0n) is 9.73. The highest BCUT2D eigenvalue weighted by Gasteiger charge is 2.26. The molecular formula is C14H20N2. The van der Waals surface area contributed by atoms with Crippen molar-refractivity contribution in [1.29, 1.82) is 0 Å². The predicted octanol–water partition coefficient (Wildman–Crippen LogP) is 2.41. The second kappa shape index (κ2) is 4.46. The van der Waals surface area contributed by atoms with Gasteiger partial charge in [-0.25, -0.2) is 0 Å². The van der Waals surface area contributed by atoms with Crippen LogP contribution in [0.2, 0.25) is 0 Å². The first-order valence-electron chi connectivity index (χ1n) is 6.48. The van der Waals surface area contributed by atoms with Crippen molar-refractivity contribution in [2.75, 3.05) is 18.0 Å². The number of rotatable bonds is 3. The van der Waals surface area contributed by atoms with Gasteiger partial charge in [-0.3, -0.25) is 0 Å². The van der Waals surface area contributed by atoms with Gasteiger partial charge in [0.2, 0.25) is 0 Å². The molecule has 0 radical (unpaired) electrons. The molecule has 1 aliphatic heterocycles. The molecule has 86 valence electrons. The predicted molar refractivity (Wildman–Crippen MR) is 67.8 cm³/mol. The Morgan fingerprint density at radius 2 is 1.50 bits per heavy atom. The van der Waals surface area contributed by atoms with E-state index in [4.69, 9.17) is 0 Å². The lowest BCUT2D eigenvalue weighted by Gasteiger charge is -2.34. The van der Waals surface area contributed by atoms with Gasteiger partial charge in [0.05, 0.1) is 0 Å². The van der Waals surface area contributed by atoms with Gasteiger partial charge in [0.1, 0.15) is 0 Å². The minimum atomic E-state index is 0.771. The molecule has 0 amide bonds. The Kier molecular flexibility index (Phi) is 2.83. The summed E-state index contributed by atoms with van der Waals surface area (Å²) in [6.45, 7) is 2.41. The monoisotopic (exact) mass is 216 g/mol. The van der Waals surface area contributed by atoms with E-state index in [9.17, 15) is 0 Å². The molecule has 16 heavy (non-hydrogen) atoms. The van der Waals surface area contributed by atoms with Crippen LogP contribution in [-0.2, 0) is 0 Å². The van der Waals surface area contributed by atoms with Crippen molar-refractivity contribution in [3.8, 4) is 0 Å². The van der Waals surface area contributed by atoms with E-state index in [0.717, 1.165) is 12.1 Å². The van der Waals surface area contributed by atoms with Gasteiger partial charge in [0.25, 0.3) is 0 Å². The molecular weight excluding hydrogens is 196 g/mol. The Labute approximate surface area is 97.6 Å². The normalized spacial score (nSPS) is 22.4. The standard InChI is InChI=1S/C14H20N2/c1-2-4-14(5-3-1)16-10-8-13(9-11-16)15-12-6-7-12/h1-5,12-13,15H,6-11H2. The highest BCUT2D eigenvalue weighted by atomic mass is 15.2. The maximum absolute atomic E-state index is 3.74. The second-order valence-corrected chi connectivity index (χ2v) is 5.04. The van der Waals surface area contributed by atoms with Crippen molar-refractivity contribution in [1.82, 2.24) is 5.32 Å². The molecule has 0 unspecified atom stereocenters. The summed E-state index contributed by atoms with van der Waals surface area (Å²) in [6.07, 6.45) is 5.40. The quantitative estimate of drug-likeness (QED) is 0.834. The number of piperidine rings is 1. The molecule has 1 saturated carbocycles. The zero-order chi connectivity index (χ0) is 10.8. The number of nitrogens with one attached hydrogen (secondary N) is 1. The zero-order valence-corrected chi connectivity index (χ0v) is 9.73. The highest BCUT2D eigenvalue weighted by Crippen LogP contribution is 2.24. The molecule has 1 heterocycles. The molecule has 2 aliphatic rings. The van der Waals surface area contributed by atoms with Crippen molar-refractivity contribution in [2.45, 2.75) is 37.8 Å². The van der Waals surface area contributed by atoms with Gasteiger partial charge in [0, 0.05) is 30.9 Å². The van der Waals surface area contributed by atoms with Gasteiger partial charge >= 0.3 is 0 Å². The lowest BCUT2D eigenvalue weighted by Crippen LogP contribution is -2.43. The van der Waals surface area contributed by atoms with E-state index in [1.807, 2.05) is 0 Å². The molecule has 0 aromatic heterocycles. The molecule has 1 aliphatic carbocycles. The van der Waals surface area contributed by atoms with Crippen LogP contribution in [0.3, 0.4) is 0 Å². The summed E-state index contributed by atoms with van der Waals surface area (Å²) in [6, 6.07) is 12.4. The van der Waals surface area contributed by atoms with Crippen molar-refractivity contribution >= 4 is 5.69 Å². The largest absolute Gasteiger partial charge is 0.371 e. The second-order valence-electron chi connectivity index (χ2n) is 5.04. The van der Waals surface area contributed by atoms with Crippen LogP contribution in [0.4, 0.5) is 5.69 Å². The minimum Gasteiger partial charge on any atom is -0.371 e. The van der Waals surface area contributed by atoms with Crippen LogP contribution in [0.25, 0.3) is 0 Å². The summed E-state index contributed by atoms with van der Waals surface area (Å²) < 4.78 is 0. The van der Waals surface area contributed by atoms with Gasteiger partial charge in [0.15, 0.2) is 0 Å². The van der Waals surface area contributed by atoms with Crippen LogP contribution in [0.1, 0.15) is 25.7 Å². The summed E-state index contributed by atoms with van der Waals surface area (Å²) in [4.78, 5) is 2.51. The van der Waals surface area contributed by atoms with Gasteiger partial charge in [-0.1, -0.05) is 18.2 Å². The Bertz CT molecular complexity index is 324. The fraction of sp³-hybridized carbons (Fsp3) is 0.571. The molecule has 2 nitrogen and oxygen atoms in total. The third-order valence-electron chi connectivity index (χ3n) is 3.67. The molecule has 1 N–H and O–H groups in total.